The minimum Gasteiger partial charge on any atom is -0.138 e. The van der Waals surface area contributed by atoms with Gasteiger partial charge < -0.3 is 0 Å². The number of rotatable bonds is 3. The van der Waals surface area contributed by atoms with Crippen molar-refractivity contribution >= 4 is 9.24 Å². The van der Waals surface area contributed by atoms with E-state index in [9.17, 15) is 0 Å². The fourth-order valence-corrected chi connectivity index (χ4v) is 5.07. The monoisotopic (exact) mass is 258 g/mol. The Morgan fingerprint density at radius 3 is 1.12 bits per heavy atom. The first-order valence-corrected chi connectivity index (χ1v) is 7.83. The summed E-state index contributed by atoms with van der Waals surface area (Å²) in [6.45, 7) is 21.8. The Morgan fingerprint density at radius 1 is 0.647 bits per heavy atom. The van der Waals surface area contributed by atoms with Crippen LogP contribution in [0.5, 0.6) is 0 Å². The molecule has 0 aromatic heterocycles. The summed E-state index contributed by atoms with van der Waals surface area (Å²) in [6, 6.07) is 0. The van der Waals surface area contributed by atoms with Gasteiger partial charge in [-0.25, -0.2) is 0 Å². The van der Waals surface area contributed by atoms with Crippen molar-refractivity contribution in [1.82, 2.24) is 0 Å². The van der Waals surface area contributed by atoms with Crippen LogP contribution in [0, 0.1) is 21.7 Å². The van der Waals surface area contributed by atoms with Gasteiger partial charge in [-0.1, -0.05) is 62.3 Å². The van der Waals surface area contributed by atoms with Crippen LogP contribution >= 0.6 is 9.24 Å². The summed E-state index contributed by atoms with van der Waals surface area (Å²) in [4.78, 5) is 0. The molecule has 0 heterocycles. The average molecular weight is 258 g/mol. The molecule has 0 saturated carbocycles. The molecule has 1 atom stereocenters. The summed E-state index contributed by atoms with van der Waals surface area (Å²) in [5.41, 5.74) is 1.32. The molecule has 0 saturated heterocycles. The Labute approximate surface area is 113 Å². The molecule has 0 aliphatic carbocycles. The highest BCUT2D eigenvalue weighted by Gasteiger charge is 2.56. The van der Waals surface area contributed by atoms with Gasteiger partial charge in [0.2, 0.25) is 0 Å². The normalized spacial score (nSPS) is 15.2. The van der Waals surface area contributed by atoms with Crippen LogP contribution in [0.1, 0.15) is 75.2 Å². The molecule has 0 aromatic carbocycles. The zero-order chi connectivity index (χ0) is 14.1. The summed E-state index contributed by atoms with van der Waals surface area (Å²) < 4.78 is 0. The fourth-order valence-electron chi connectivity index (χ4n) is 4.87. The van der Waals surface area contributed by atoms with Gasteiger partial charge >= 0.3 is 0 Å². The number of hydrogen-bond donors (Lipinski definition) is 0. The van der Waals surface area contributed by atoms with Crippen LogP contribution in [-0.2, 0) is 0 Å². The topological polar surface area (TPSA) is 0 Å². The van der Waals surface area contributed by atoms with Crippen molar-refractivity contribution in [3.05, 3.63) is 0 Å². The average Bonchev–Trinajstić information content (AvgIpc) is 1.96. The molecule has 0 aromatic rings. The Bertz CT molecular complexity index is 196. The van der Waals surface area contributed by atoms with Gasteiger partial charge in [-0.05, 0) is 40.7 Å². The third-order valence-electron chi connectivity index (χ3n) is 4.60. The first-order valence-electron chi connectivity index (χ1n) is 7.01. The fraction of sp³-hybridized carbons (Fsp3) is 1.00. The van der Waals surface area contributed by atoms with E-state index in [1.165, 1.54) is 19.0 Å². The van der Waals surface area contributed by atoms with Gasteiger partial charge in [0.15, 0.2) is 0 Å². The molecule has 0 N–H and O–H groups in total. The zero-order valence-corrected chi connectivity index (χ0v) is 14.9. The van der Waals surface area contributed by atoms with Gasteiger partial charge in [0, 0.05) is 0 Å². The van der Waals surface area contributed by atoms with E-state index in [1.807, 2.05) is 0 Å². The second-order valence-electron chi connectivity index (χ2n) is 8.55. The summed E-state index contributed by atoms with van der Waals surface area (Å²) in [7, 11) is 2.88. The van der Waals surface area contributed by atoms with Crippen LogP contribution in [0.15, 0.2) is 0 Å². The minimum atomic E-state index is 0.323. The third-order valence-corrected chi connectivity index (χ3v) is 5.01. The molecule has 1 unspecified atom stereocenters. The van der Waals surface area contributed by atoms with Crippen molar-refractivity contribution in [3.8, 4) is 0 Å². The lowest BCUT2D eigenvalue weighted by molar-refractivity contribution is -0.128. The van der Waals surface area contributed by atoms with Crippen molar-refractivity contribution in [3.63, 3.8) is 0 Å². The lowest BCUT2D eigenvalue weighted by Gasteiger charge is -2.61. The molecule has 17 heavy (non-hydrogen) atoms. The van der Waals surface area contributed by atoms with Crippen LogP contribution in [0.3, 0.4) is 0 Å². The van der Waals surface area contributed by atoms with Crippen molar-refractivity contribution in [2.24, 2.45) is 21.7 Å². The minimum absolute atomic E-state index is 0.323. The van der Waals surface area contributed by atoms with Crippen LogP contribution in [0.25, 0.3) is 0 Å². The molecule has 0 amide bonds. The van der Waals surface area contributed by atoms with E-state index in [-0.39, 0.29) is 0 Å². The Balaban J connectivity index is 5.75. The molecule has 0 rings (SSSR count). The van der Waals surface area contributed by atoms with Gasteiger partial charge in [0.1, 0.15) is 0 Å². The molecule has 0 fully saturated rings. The van der Waals surface area contributed by atoms with Crippen LogP contribution < -0.4 is 0 Å². The second-order valence-corrected chi connectivity index (χ2v) is 9.12. The van der Waals surface area contributed by atoms with E-state index in [2.05, 4.69) is 71.6 Å². The maximum absolute atomic E-state index is 2.88. The maximum atomic E-state index is 2.88. The van der Waals surface area contributed by atoms with Crippen molar-refractivity contribution in [2.45, 2.75) is 75.2 Å². The molecule has 0 nitrogen and oxygen atoms in total. The van der Waals surface area contributed by atoms with E-state index >= 15 is 0 Å². The van der Waals surface area contributed by atoms with Gasteiger partial charge in [0.05, 0.1) is 0 Å². The van der Waals surface area contributed by atoms with E-state index in [1.54, 1.807) is 0 Å². The SMILES string of the molecule is CC(C)(C)C(CCCP)(C(C)(C)C)C(C)(C)C. The molecule has 0 spiro atoms. The molecular weight excluding hydrogens is 223 g/mol. The highest BCUT2D eigenvalue weighted by molar-refractivity contribution is 7.16. The van der Waals surface area contributed by atoms with Gasteiger partial charge in [-0.15, -0.1) is 9.24 Å². The molecule has 0 aliphatic rings. The van der Waals surface area contributed by atoms with Crippen LogP contribution in [-0.4, -0.2) is 6.16 Å². The van der Waals surface area contributed by atoms with Crippen molar-refractivity contribution in [2.75, 3.05) is 6.16 Å². The molecule has 0 bridgehead atoms. The Morgan fingerprint density at radius 2 is 0.941 bits per heavy atom. The molecule has 0 radical (unpaired) electrons. The van der Waals surface area contributed by atoms with Crippen molar-refractivity contribution < 1.29 is 0 Å². The Hall–Kier alpha value is 0.430. The summed E-state index contributed by atoms with van der Waals surface area (Å²) in [5.74, 6) is 0. The molecular formula is C16H35P. The quantitative estimate of drug-likeness (QED) is 0.564. The van der Waals surface area contributed by atoms with Crippen molar-refractivity contribution in [1.29, 1.82) is 0 Å². The van der Waals surface area contributed by atoms with E-state index in [4.69, 9.17) is 0 Å². The highest BCUT2D eigenvalue weighted by Crippen LogP contribution is 2.63. The predicted octanol–water partition coefficient (Wildman–Crippen LogP) is 5.77. The molecule has 104 valence electrons. The zero-order valence-electron chi connectivity index (χ0n) is 13.7. The molecule has 0 aliphatic heterocycles. The van der Waals surface area contributed by atoms with E-state index < -0.39 is 0 Å². The van der Waals surface area contributed by atoms with E-state index in [0.29, 0.717) is 21.7 Å². The highest BCUT2D eigenvalue weighted by atomic mass is 31.0. The second kappa shape index (κ2) is 5.20. The van der Waals surface area contributed by atoms with Crippen LogP contribution in [0.4, 0.5) is 0 Å². The predicted molar refractivity (Wildman–Crippen MR) is 84.6 cm³/mol. The summed E-state index contributed by atoms with van der Waals surface area (Å²) in [5, 5.41) is 0. The Kier molecular flexibility index (Phi) is 5.33. The number of hydrogen-bond acceptors (Lipinski definition) is 0. The largest absolute Gasteiger partial charge is 0.138 e. The van der Waals surface area contributed by atoms with E-state index in [0.717, 1.165) is 0 Å². The van der Waals surface area contributed by atoms with Gasteiger partial charge in [-0.3, -0.25) is 0 Å². The van der Waals surface area contributed by atoms with Gasteiger partial charge in [0.25, 0.3) is 0 Å². The summed E-state index contributed by atoms with van der Waals surface area (Å²) in [6.07, 6.45) is 3.83. The summed E-state index contributed by atoms with van der Waals surface area (Å²) >= 11 is 0. The standard InChI is InChI=1S/C16H35P/c1-13(2,3)16(11-10-12-17,14(4,5)6)15(7,8)9/h10-12,17H2,1-9H3. The van der Waals surface area contributed by atoms with Crippen LogP contribution in [0.2, 0.25) is 0 Å². The maximum Gasteiger partial charge on any atom is -0.0152 e. The molecule has 1 heteroatoms. The third kappa shape index (κ3) is 3.25. The first kappa shape index (κ1) is 17.4. The first-order chi connectivity index (χ1) is 7.31. The lowest BCUT2D eigenvalue weighted by atomic mass is 9.43. The van der Waals surface area contributed by atoms with Gasteiger partial charge in [-0.2, -0.15) is 0 Å². The smallest absolute Gasteiger partial charge is 0.0152 e. The lowest BCUT2D eigenvalue weighted by Crippen LogP contribution is -2.54.